The smallest absolute Gasteiger partial charge is 0.115 e. The lowest BCUT2D eigenvalue weighted by molar-refractivity contribution is 0.173. The first kappa shape index (κ1) is 14.4. The SMILES string of the molecule is CNC1CCC(C(C)C)CC1Cc1ccc(O)cc1. The van der Waals surface area contributed by atoms with E-state index in [1.807, 2.05) is 0 Å². The molecule has 2 N–H and O–H groups in total. The number of rotatable bonds is 4. The van der Waals surface area contributed by atoms with Crippen LogP contribution in [-0.4, -0.2) is 18.2 Å². The van der Waals surface area contributed by atoms with Crippen molar-refractivity contribution >= 4 is 0 Å². The summed E-state index contributed by atoms with van der Waals surface area (Å²) < 4.78 is 0. The van der Waals surface area contributed by atoms with Crippen LogP contribution in [0.25, 0.3) is 0 Å². The Bertz CT molecular complexity index is 385. The molecule has 0 heterocycles. The molecule has 0 saturated heterocycles. The fourth-order valence-electron chi connectivity index (χ4n) is 3.45. The number of hydrogen-bond donors (Lipinski definition) is 2. The van der Waals surface area contributed by atoms with Gasteiger partial charge in [0.25, 0.3) is 0 Å². The Balaban J connectivity index is 2.03. The molecule has 2 nitrogen and oxygen atoms in total. The molecular formula is C17H27NO. The van der Waals surface area contributed by atoms with Gasteiger partial charge in [-0.15, -0.1) is 0 Å². The van der Waals surface area contributed by atoms with Crippen LogP contribution < -0.4 is 5.32 Å². The molecule has 1 aliphatic rings. The fourth-order valence-corrected chi connectivity index (χ4v) is 3.45. The molecule has 1 fully saturated rings. The van der Waals surface area contributed by atoms with E-state index in [0.29, 0.717) is 11.8 Å². The third kappa shape index (κ3) is 3.73. The molecule has 2 rings (SSSR count). The van der Waals surface area contributed by atoms with E-state index in [1.54, 1.807) is 12.1 Å². The highest BCUT2D eigenvalue weighted by atomic mass is 16.3. The van der Waals surface area contributed by atoms with Crippen LogP contribution in [-0.2, 0) is 6.42 Å². The Kier molecular flexibility index (Phi) is 4.87. The molecule has 0 aliphatic heterocycles. The van der Waals surface area contributed by atoms with Crippen molar-refractivity contribution in [2.24, 2.45) is 17.8 Å². The van der Waals surface area contributed by atoms with Gasteiger partial charge in [0.05, 0.1) is 0 Å². The standard InChI is InChI=1S/C17H27NO/c1-12(2)14-6-9-17(18-3)15(11-14)10-13-4-7-16(19)8-5-13/h4-5,7-8,12,14-15,17-19H,6,9-11H2,1-3H3. The Hall–Kier alpha value is -1.02. The van der Waals surface area contributed by atoms with Crippen molar-refractivity contribution < 1.29 is 5.11 Å². The molecular weight excluding hydrogens is 234 g/mol. The van der Waals surface area contributed by atoms with Crippen molar-refractivity contribution in [2.45, 2.75) is 45.6 Å². The van der Waals surface area contributed by atoms with Gasteiger partial charge in [-0.05, 0) is 68.2 Å². The maximum Gasteiger partial charge on any atom is 0.115 e. The van der Waals surface area contributed by atoms with Crippen molar-refractivity contribution in [1.82, 2.24) is 5.32 Å². The van der Waals surface area contributed by atoms with Crippen LogP contribution in [0.2, 0.25) is 0 Å². The molecule has 0 bridgehead atoms. The molecule has 1 aliphatic carbocycles. The van der Waals surface area contributed by atoms with Gasteiger partial charge in [0.2, 0.25) is 0 Å². The van der Waals surface area contributed by atoms with Gasteiger partial charge in [0.1, 0.15) is 5.75 Å². The monoisotopic (exact) mass is 261 g/mol. The highest BCUT2D eigenvalue weighted by molar-refractivity contribution is 5.26. The van der Waals surface area contributed by atoms with Gasteiger partial charge in [0, 0.05) is 6.04 Å². The fraction of sp³-hybridized carbons (Fsp3) is 0.647. The summed E-state index contributed by atoms with van der Waals surface area (Å²) in [5, 5.41) is 12.9. The molecule has 3 atom stereocenters. The predicted molar refractivity (Wildman–Crippen MR) is 80.3 cm³/mol. The first-order valence-electron chi connectivity index (χ1n) is 7.55. The van der Waals surface area contributed by atoms with Gasteiger partial charge in [-0.2, -0.15) is 0 Å². The zero-order valence-corrected chi connectivity index (χ0v) is 12.4. The maximum atomic E-state index is 9.36. The highest BCUT2D eigenvalue weighted by Crippen LogP contribution is 2.35. The van der Waals surface area contributed by atoms with Crippen molar-refractivity contribution in [3.8, 4) is 5.75 Å². The number of phenolic OH excluding ortho intramolecular Hbond substituents is 1. The minimum atomic E-state index is 0.359. The van der Waals surface area contributed by atoms with E-state index in [0.717, 1.165) is 24.2 Å². The molecule has 106 valence electrons. The first-order chi connectivity index (χ1) is 9.10. The van der Waals surface area contributed by atoms with Crippen LogP contribution in [0.1, 0.15) is 38.7 Å². The summed E-state index contributed by atoms with van der Waals surface area (Å²) in [6.07, 6.45) is 5.09. The van der Waals surface area contributed by atoms with Gasteiger partial charge in [-0.25, -0.2) is 0 Å². The zero-order valence-electron chi connectivity index (χ0n) is 12.4. The summed E-state index contributed by atoms with van der Waals surface area (Å²) in [4.78, 5) is 0. The molecule has 0 spiro atoms. The van der Waals surface area contributed by atoms with E-state index in [-0.39, 0.29) is 0 Å². The maximum absolute atomic E-state index is 9.36. The molecule has 2 heteroatoms. The summed E-state index contributed by atoms with van der Waals surface area (Å²) in [5.74, 6) is 2.74. The summed E-state index contributed by atoms with van der Waals surface area (Å²) in [5.41, 5.74) is 1.34. The van der Waals surface area contributed by atoms with E-state index < -0.39 is 0 Å². The van der Waals surface area contributed by atoms with Crippen molar-refractivity contribution in [3.63, 3.8) is 0 Å². The average molecular weight is 261 g/mol. The summed E-state index contributed by atoms with van der Waals surface area (Å²) in [6, 6.07) is 8.35. The molecule has 0 radical (unpaired) electrons. The lowest BCUT2D eigenvalue weighted by Gasteiger charge is -2.38. The van der Waals surface area contributed by atoms with Crippen molar-refractivity contribution in [1.29, 1.82) is 0 Å². The quantitative estimate of drug-likeness (QED) is 0.868. The second-order valence-corrected chi connectivity index (χ2v) is 6.34. The van der Waals surface area contributed by atoms with Gasteiger partial charge in [-0.1, -0.05) is 26.0 Å². The number of benzene rings is 1. The van der Waals surface area contributed by atoms with Gasteiger partial charge < -0.3 is 10.4 Å². The third-order valence-electron chi connectivity index (χ3n) is 4.77. The summed E-state index contributed by atoms with van der Waals surface area (Å²) >= 11 is 0. The molecule has 1 saturated carbocycles. The summed E-state index contributed by atoms with van der Waals surface area (Å²) in [7, 11) is 2.09. The van der Waals surface area contributed by atoms with Crippen LogP contribution in [0, 0.1) is 17.8 Å². The van der Waals surface area contributed by atoms with E-state index in [1.165, 1.54) is 24.8 Å². The highest BCUT2D eigenvalue weighted by Gasteiger charge is 2.30. The Labute approximate surface area is 117 Å². The van der Waals surface area contributed by atoms with Crippen LogP contribution in [0.15, 0.2) is 24.3 Å². The molecule has 3 unspecified atom stereocenters. The Morgan fingerprint density at radius 2 is 1.89 bits per heavy atom. The second kappa shape index (κ2) is 6.42. The average Bonchev–Trinajstić information content (AvgIpc) is 2.41. The first-order valence-corrected chi connectivity index (χ1v) is 7.55. The van der Waals surface area contributed by atoms with E-state index in [2.05, 4.69) is 38.3 Å². The topological polar surface area (TPSA) is 32.3 Å². The molecule has 19 heavy (non-hydrogen) atoms. The van der Waals surface area contributed by atoms with Crippen LogP contribution in [0.3, 0.4) is 0 Å². The minimum absolute atomic E-state index is 0.359. The van der Waals surface area contributed by atoms with Gasteiger partial charge in [-0.3, -0.25) is 0 Å². The van der Waals surface area contributed by atoms with Crippen LogP contribution >= 0.6 is 0 Å². The Morgan fingerprint density at radius 3 is 2.47 bits per heavy atom. The normalized spacial score (nSPS) is 27.7. The van der Waals surface area contributed by atoms with Crippen LogP contribution in [0.5, 0.6) is 5.75 Å². The Morgan fingerprint density at radius 1 is 1.21 bits per heavy atom. The largest absolute Gasteiger partial charge is 0.508 e. The lowest BCUT2D eigenvalue weighted by atomic mass is 9.72. The number of aromatic hydroxyl groups is 1. The molecule has 1 aromatic rings. The van der Waals surface area contributed by atoms with Crippen molar-refractivity contribution in [3.05, 3.63) is 29.8 Å². The zero-order chi connectivity index (χ0) is 13.8. The lowest BCUT2D eigenvalue weighted by Crippen LogP contribution is -2.40. The van der Waals surface area contributed by atoms with E-state index in [4.69, 9.17) is 0 Å². The van der Waals surface area contributed by atoms with Crippen molar-refractivity contribution in [2.75, 3.05) is 7.05 Å². The minimum Gasteiger partial charge on any atom is -0.508 e. The molecule has 0 amide bonds. The number of hydrogen-bond acceptors (Lipinski definition) is 2. The number of nitrogens with one attached hydrogen (secondary N) is 1. The van der Waals surface area contributed by atoms with Gasteiger partial charge in [0.15, 0.2) is 0 Å². The molecule has 0 aromatic heterocycles. The third-order valence-corrected chi connectivity index (χ3v) is 4.77. The van der Waals surface area contributed by atoms with E-state index >= 15 is 0 Å². The summed E-state index contributed by atoms with van der Waals surface area (Å²) in [6.45, 7) is 4.70. The number of phenols is 1. The van der Waals surface area contributed by atoms with Gasteiger partial charge >= 0.3 is 0 Å². The second-order valence-electron chi connectivity index (χ2n) is 6.34. The van der Waals surface area contributed by atoms with E-state index in [9.17, 15) is 5.11 Å². The molecule has 1 aromatic carbocycles. The predicted octanol–water partition coefficient (Wildman–Crippen LogP) is 3.60. The van der Waals surface area contributed by atoms with Crippen LogP contribution in [0.4, 0.5) is 0 Å².